The number of benzene rings is 1. The van der Waals surface area contributed by atoms with Gasteiger partial charge in [-0.25, -0.2) is 4.98 Å². The lowest BCUT2D eigenvalue weighted by molar-refractivity contribution is -0.107. The maximum absolute atomic E-state index is 10.2. The van der Waals surface area contributed by atoms with Crippen molar-refractivity contribution in [2.24, 2.45) is 0 Å². The van der Waals surface area contributed by atoms with Crippen molar-refractivity contribution in [2.75, 3.05) is 0 Å². The Morgan fingerprint density at radius 2 is 2.38 bits per heavy atom. The van der Waals surface area contributed by atoms with Gasteiger partial charge in [0.1, 0.15) is 6.29 Å². The zero-order valence-electron chi connectivity index (χ0n) is 7.16. The molecule has 0 bridgehead atoms. The molecular weight excluding hydrogens is 164 g/mol. The van der Waals surface area contributed by atoms with E-state index in [0.717, 1.165) is 23.7 Å². The molecule has 1 heterocycles. The quantitative estimate of drug-likeness (QED) is 0.720. The highest BCUT2D eigenvalue weighted by Crippen LogP contribution is 2.12. The van der Waals surface area contributed by atoms with Crippen LogP contribution >= 0.6 is 0 Å². The molecule has 0 saturated carbocycles. The van der Waals surface area contributed by atoms with Crippen molar-refractivity contribution < 1.29 is 4.79 Å². The second kappa shape index (κ2) is 3.39. The summed E-state index contributed by atoms with van der Waals surface area (Å²) in [4.78, 5) is 17.3. The zero-order chi connectivity index (χ0) is 9.10. The molecule has 2 rings (SSSR count). The van der Waals surface area contributed by atoms with E-state index < -0.39 is 0 Å². The average molecular weight is 174 g/mol. The van der Waals surface area contributed by atoms with Crippen molar-refractivity contribution in [1.82, 2.24) is 9.97 Å². The molecule has 0 unspecified atom stereocenters. The SMILES string of the molecule is O=CCCc1ccc2nc[nH]c2c1. The maximum atomic E-state index is 10.2. The fraction of sp³-hybridized carbons (Fsp3) is 0.200. The fourth-order valence-electron chi connectivity index (χ4n) is 1.36. The summed E-state index contributed by atoms with van der Waals surface area (Å²) in [5.74, 6) is 0. The summed E-state index contributed by atoms with van der Waals surface area (Å²) in [6.07, 6.45) is 4.00. The number of H-pyrrole nitrogens is 1. The molecule has 0 amide bonds. The minimum atomic E-state index is 0.583. The van der Waals surface area contributed by atoms with Crippen LogP contribution in [0.25, 0.3) is 11.0 Å². The van der Waals surface area contributed by atoms with Gasteiger partial charge in [0.15, 0.2) is 0 Å². The number of hydrogen-bond acceptors (Lipinski definition) is 2. The Morgan fingerprint density at radius 1 is 1.46 bits per heavy atom. The Kier molecular flexibility index (Phi) is 2.08. The largest absolute Gasteiger partial charge is 0.345 e. The van der Waals surface area contributed by atoms with Gasteiger partial charge in [-0.2, -0.15) is 0 Å². The lowest BCUT2D eigenvalue weighted by Gasteiger charge is -1.96. The average Bonchev–Trinajstić information content (AvgIpc) is 2.61. The van der Waals surface area contributed by atoms with Gasteiger partial charge in [0, 0.05) is 6.42 Å². The Hall–Kier alpha value is -1.64. The molecule has 1 N–H and O–H groups in total. The van der Waals surface area contributed by atoms with E-state index in [-0.39, 0.29) is 0 Å². The summed E-state index contributed by atoms with van der Waals surface area (Å²) in [5.41, 5.74) is 3.17. The van der Waals surface area contributed by atoms with Crippen LogP contribution in [0.2, 0.25) is 0 Å². The van der Waals surface area contributed by atoms with Gasteiger partial charge in [0.2, 0.25) is 0 Å². The van der Waals surface area contributed by atoms with Crippen LogP contribution in [0.4, 0.5) is 0 Å². The first-order valence-electron chi connectivity index (χ1n) is 4.26. The minimum absolute atomic E-state index is 0.583. The molecule has 3 nitrogen and oxygen atoms in total. The second-order valence-corrected chi connectivity index (χ2v) is 2.96. The Balaban J connectivity index is 2.31. The number of carbonyl (C=O) groups is 1. The first kappa shape index (κ1) is 7.98. The van der Waals surface area contributed by atoms with E-state index in [1.165, 1.54) is 5.56 Å². The van der Waals surface area contributed by atoms with Gasteiger partial charge in [-0.3, -0.25) is 0 Å². The fourth-order valence-corrected chi connectivity index (χ4v) is 1.36. The summed E-state index contributed by atoms with van der Waals surface area (Å²) >= 11 is 0. The number of aromatic amines is 1. The first-order chi connectivity index (χ1) is 6.40. The molecule has 13 heavy (non-hydrogen) atoms. The molecule has 0 saturated heterocycles. The van der Waals surface area contributed by atoms with Gasteiger partial charge in [-0.1, -0.05) is 6.07 Å². The molecule has 66 valence electrons. The van der Waals surface area contributed by atoms with Crippen molar-refractivity contribution in [1.29, 1.82) is 0 Å². The first-order valence-corrected chi connectivity index (χ1v) is 4.26. The number of fused-ring (bicyclic) bond motifs is 1. The number of rotatable bonds is 3. The topological polar surface area (TPSA) is 45.8 Å². The summed E-state index contributed by atoms with van der Waals surface area (Å²) in [6, 6.07) is 6.00. The number of aryl methyl sites for hydroxylation is 1. The van der Waals surface area contributed by atoms with E-state index in [0.29, 0.717) is 6.42 Å². The highest BCUT2D eigenvalue weighted by Gasteiger charge is 1.97. The monoisotopic (exact) mass is 174 g/mol. The van der Waals surface area contributed by atoms with Gasteiger partial charge in [0.25, 0.3) is 0 Å². The second-order valence-electron chi connectivity index (χ2n) is 2.96. The molecule has 0 aliphatic heterocycles. The van der Waals surface area contributed by atoms with Crippen molar-refractivity contribution in [2.45, 2.75) is 12.8 Å². The molecule has 3 heteroatoms. The molecule has 1 aromatic heterocycles. The third kappa shape index (κ3) is 1.59. The number of carbonyl (C=O) groups excluding carboxylic acids is 1. The van der Waals surface area contributed by atoms with Gasteiger partial charge >= 0.3 is 0 Å². The predicted octanol–water partition coefficient (Wildman–Crippen LogP) is 1.69. The van der Waals surface area contributed by atoms with E-state index in [1.54, 1.807) is 6.33 Å². The summed E-state index contributed by atoms with van der Waals surface area (Å²) < 4.78 is 0. The van der Waals surface area contributed by atoms with Gasteiger partial charge < -0.3 is 9.78 Å². The van der Waals surface area contributed by atoms with E-state index in [2.05, 4.69) is 9.97 Å². The predicted molar refractivity (Wildman–Crippen MR) is 50.5 cm³/mol. The van der Waals surface area contributed by atoms with Gasteiger partial charge in [-0.15, -0.1) is 0 Å². The summed E-state index contributed by atoms with van der Waals surface area (Å²) in [7, 11) is 0. The number of nitrogens with one attached hydrogen (secondary N) is 1. The Labute approximate surface area is 75.8 Å². The number of hydrogen-bond donors (Lipinski definition) is 1. The molecule has 0 aliphatic carbocycles. The highest BCUT2D eigenvalue weighted by atomic mass is 16.1. The third-order valence-corrected chi connectivity index (χ3v) is 2.04. The number of aldehydes is 1. The Bertz CT molecular complexity index is 420. The standard InChI is InChI=1S/C10H10N2O/c13-5-1-2-8-3-4-9-10(6-8)12-7-11-9/h3-7H,1-2H2,(H,11,12). The van der Waals surface area contributed by atoms with Crippen molar-refractivity contribution in [3.05, 3.63) is 30.1 Å². The smallest absolute Gasteiger partial charge is 0.120 e. The van der Waals surface area contributed by atoms with Crippen LogP contribution < -0.4 is 0 Å². The maximum Gasteiger partial charge on any atom is 0.120 e. The molecule has 0 aliphatic rings. The molecule has 0 fully saturated rings. The van der Waals surface area contributed by atoms with Crippen LogP contribution in [0.1, 0.15) is 12.0 Å². The van der Waals surface area contributed by atoms with Crippen LogP contribution in [0, 0.1) is 0 Å². The van der Waals surface area contributed by atoms with E-state index in [4.69, 9.17) is 0 Å². The number of imidazole rings is 1. The van der Waals surface area contributed by atoms with E-state index in [1.807, 2.05) is 18.2 Å². The van der Waals surface area contributed by atoms with Crippen LogP contribution in [0.5, 0.6) is 0 Å². The van der Waals surface area contributed by atoms with Crippen LogP contribution in [-0.4, -0.2) is 16.3 Å². The molecule has 0 radical (unpaired) electrons. The summed E-state index contributed by atoms with van der Waals surface area (Å²) in [5, 5.41) is 0. The molecule has 0 atom stereocenters. The normalized spacial score (nSPS) is 10.5. The molecular formula is C10H10N2O. The lowest BCUT2D eigenvalue weighted by Crippen LogP contribution is -1.85. The van der Waals surface area contributed by atoms with Crippen molar-refractivity contribution >= 4 is 17.3 Å². The van der Waals surface area contributed by atoms with Crippen LogP contribution in [0.3, 0.4) is 0 Å². The zero-order valence-corrected chi connectivity index (χ0v) is 7.16. The van der Waals surface area contributed by atoms with Crippen molar-refractivity contribution in [3.8, 4) is 0 Å². The van der Waals surface area contributed by atoms with Crippen LogP contribution in [-0.2, 0) is 11.2 Å². The van der Waals surface area contributed by atoms with E-state index >= 15 is 0 Å². The van der Waals surface area contributed by atoms with Crippen molar-refractivity contribution in [3.63, 3.8) is 0 Å². The van der Waals surface area contributed by atoms with E-state index in [9.17, 15) is 4.79 Å². The third-order valence-electron chi connectivity index (χ3n) is 2.04. The molecule has 0 spiro atoms. The van der Waals surface area contributed by atoms with Gasteiger partial charge in [0.05, 0.1) is 17.4 Å². The molecule has 1 aromatic carbocycles. The number of aromatic nitrogens is 2. The number of nitrogens with zero attached hydrogens (tertiary/aromatic N) is 1. The molecule has 2 aromatic rings. The van der Waals surface area contributed by atoms with Gasteiger partial charge in [-0.05, 0) is 24.1 Å². The summed E-state index contributed by atoms with van der Waals surface area (Å²) in [6.45, 7) is 0. The minimum Gasteiger partial charge on any atom is -0.345 e. The Morgan fingerprint density at radius 3 is 3.23 bits per heavy atom. The lowest BCUT2D eigenvalue weighted by atomic mass is 10.1. The van der Waals surface area contributed by atoms with Crippen LogP contribution in [0.15, 0.2) is 24.5 Å². The highest BCUT2D eigenvalue weighted by molar-refractivity contribution is 5.75.